The number of hydrogen-bond acceptors (Lipinski definition) is 5. The maximum absolute atomic E-state index is 12.4. The van der Waals surface area contributed by atoms with Crippen molar-refractivity contribution < 1.29 is 22.7 Å². The average Bonchev–Trinajstić information content (AvgIpc) is 3.12. The minimum atomic E-state index is -4.47. The van der Waals surface area contributed by atoms with Crippen LogP contribution in [-0.4, -0.2) is 46.7 Å². The predicted molar refractivity (Wildman–Crippen MR) is 107 cm³/mol. The molecule has 0 fully saturated rings. The number of aromatic nitrogens is 3. The molecule has 0 bridgehead atoms. The molecular formula is C20H22F3N5O2. The van der Waals surface area contributed by atoms with E-state index in [1.54, 1.807) is 45.6 Å². The number of aromatic amines is 1. The van der Waals surface area contributed by atoms with Gasteiger partial charge in [-0.2, -0.15) is 13.2 Å². The van der Waals surface area contributed by atoms with Crippen molar-refractivity contribution in [2.24, 2.45) is 5.92 Å². The molecule has 3 rings (SSSR count). The van der Waals surface area contributed by atoms with Crippen LogP contribution in [0.15, 0.2) is 36.9 Å². The molecule has 3 heterocycles. The van der Waals surface area contributed by atoms with Crippen LogP contribution in [0.1, 0.15) is 13.8 Å². The summed E-state index contributed by atoms with van der Waals surface area (Å²) >= 11 is 0. The van der Waals surface area contributed by atoms with Crippen molar-refractivity contribution in [3.63, 3.8) is 0 Å². The number of nitrogens with one attached hydrogen (secondary N) is 3. The van der Waals surface area contributed by atoms with Crippen LogP contribution < -0.4 is 15.4 Å². The molecule has 1 atom stereocenters. The fraction of sp³-hybridized carbons (Fsp3) is 0.350. The molecule has 10 heteroatoms. The van der Waals surface area contributed by atoms with Crippen molar-refractivity contribution in [1.82, 2.24) is 20.3 Å². The molecule has 1 amide bonds. The van der Waals surface area contributed by atoms with Crippen molar-refractivity contribution in [1.29, 1.82) is 0 Å². The number of alkyl halides is 3. The lowest BCUT2D eigenvalue weighted by atomic mass is 10.0. The third-order valence-electron chi connectivity index (χ3n) is 4.53. The van der Waals surface area contributed by atoms with E-state index in [1.807, 2.05) is 11.4 Å². The van der Waals surface area contributed by atoms with Crippen molar-refractivity contribution in [3.05, 3.63) is 36.9 Å². The second-order valence-electron chi connectivity index (χ2n) is 7.13. The van der Waals surface area contributed by atoms with Crippen LogP contribution in [0, 0.1) is 5.92 Å². The number of carbonyl (C=O) groups excluding carboxylic acids is 1. The maximum Gasteiger partial charge on any atom is 0.405 e. The number of halogens is 3. The van der Waals surface area contributed by atoms with Gasteiger partial charge >= 0.3 is 6.18 Å². The lowest BCUT2D eigenvalue weighted by Gasteiger charge is -2.23. The Morgan fingerprint density at radius 2 is 2.00 bits per heavy atom. The molecule has 3 N–H and O–H groups in total. The zero-order valence-electron chi connectivity index (χ0n) is 16.7. The summed E-state index contributed by atoms with van der Waals surface area (Å²) < 4.78 is 42.5. The van der Waals surface area contributed by atoms with Gasteiger partial charge in [-0.1, -0.05) is 13.8 Å². The highest BCUT2D eigenvalue weighted by molar-refractivity contribution is 5.94. The fourth-order valence-corrected chi connectivity index (χ4v) is 3.01. The summed E-state index contributed by atoms with van der Waals surface area (Å²) in [6.07, 6.45) is 2.09. The number of ether oxygens (including phenoxy) is 1. The Hall–Kier alpha value is -3.30. The molecule has 0 aliphatic carbocycles. The molecular weight excluding hydrogens is 399 g/mol. The van der Waals surface area contributed by atoms with Gasteiger partial charge in [-0.05, 0) is 18.1 Å². The minimum absolute atomic E-state index is 0.247. The van der Waals surface area contributed by atoms with Crippen molar-refractivity contribution in [2.75, 3.05) is 19.0 Å². The van der Waals surface area contributed by atoms with Gasteiger partial charge in [-0.15, -0.1) is 0 Å². The van der Waals surface area contributed by atoms with Gasteiger partial charge < -0.3 is 20.4 Å². The smallest absolute Gasteiger partial charge is 0.405 e. The molecule has 0 radical (unpaired) electrons. The topological polar surface area (TPSA) is 91.9 Å². The number of methoxy groups -OCH3 is 1. The molecule has 0 saturated heterocycles. The van der Waals surface area contributed by atoms with Gasteiger partial charge in [0.1, 0.15) is 24.0 Å². The van der Waals surface area contributed by atoms with Crippen LogP contribution >= 0.6 is 0 Å². The van der Waals surface area contributed by atoms with Crippen molar-refractivity contribution >= 4 is 22.6 Å². The van der Waals surface area contributed by atoms with E-state index in [1.165, 1.54) is 6.20 Å². The van der Waals surface area contributed by atoms with Gasteiger partial charge in [-0.25, -0.2) is 4.98 Å². The molecule has 160 valence electrons. The number of nitrogens with zero attached hydrogens (tertiary/aromatic N) is 2. The first-order valence-electron chi connectivity index (χ1n) is 9.25. The monoisotopic (exact) mass is 421 g/mol. The van der Waals surface area contributed by atoms with Gasteiger partial charge in [0.15, 0.2) is 0 Å². The Labute approximate surface area is 171 Å². The summed E-state index contributed by atoms with van der Waals surface area (Å²) in [5, 5.41) is 5.75. The van der Waals surface area contributed by atoms with Gasteiger partial charge in [0, 0.05) is 35.1 Å². The summed E-state index contributed by atoms with van der Waals surface area (Å²) in [5.74, 6) is -0.371. The maximum atomic E-state index is 12.4. The lowest BCUT2D eigenvalue weighted by Crippen LogP contribution is -2.46. The average molecular weight is 421 g/mol. The SMILES string of the molecule is COc1cnc2[nH]cc(-c3cncc(NC(C(=O)NCC(F)(F)F)C(C)C)c3)c2c1. The zero-order chi connectivity index (χ0) is 21.9. The number of hydrogen-bond donors (Lipinski definition) is 3. The van der Waals surface area contributed by atoms with E-state index in [0.717, 1.165) is 16.5 Å². The normalized spacial score (nSPS) is 12.8. The second kappa shape index (κ2) is 8.60. The molecule has 0 aromatic carbocycles. The summed E-state index contributed by atoms with van der Waals surface area (Å²) in [5.41, 5.74) is 2.77. The Morgan fingerprint density at radius 3 is 2.67 bits per heavy atom. The third kappa shape index (κ3) is 5.00. The van der Waals surface area contributed by atoms with Crippen molar-refractivity contribution in [3.8, 4) is 16.9 Å². The minimum Gasteiger partial charge on any atom is -0.495 e. The number of rotatable bonds is 7. The van der Waals surface area contributed by atoms with E-state index < -0.39 is 24.7 Å². The summed E-state index contributed by atoms with van der Waals surface area (Å²) in [4.78, 5) is 23.9. The predicted octanol–water partition coefficient (Wildman–Crippen LogP) is 3.75. The number of carbonyl (C=O) groups is 1. The Bertz CT molecular complexity index is 1030. The molecule has 3 aromatic heterocycles. The number of pyridine rings is 2. The highest BCUT2D eigenvalue weighted by Gasteiger charge is 2.30. The quantitative estimate of drug-likeness (QED) is 0.541. The van der Waals surface area contributed by atoms with E-state index in [9.17, 15) is 18.0 Å². The van der Waals surface area contributed by atoms with Gasteiger partial charge in [0.25, 0.3) is 0 Å². The standard InChI is InChI=1S/C20H22F3N5O2/c1-11(2)17(19(29)27-10-20(21,22)23)28-13-4-12(6-24-7-13)16-9-26-18-15(16)5-14(30-3)8-25-18/h4-9,11,17,28H,10H2,1-3H3,(H,25,26)(H,27,29). The van der Waals surface area contributed by atoms with E-state index in [2.05, 4.69) is 20.3 Å². The van der Waals surface area contributed by atoms with Crippen LogP contribution in [0.4, 0.5) is 18.9 Å². The highest BCUT2D eigenvalue weighted by atomic mass is 19.4. The third-order valence-corrected chi connectivity index (χ3v) is 4.53. The van der Waals surface area contributed by atoms with E-state index in [-0.39, 0.29) is 5.92 Å². The molecule has 0 saturated carbocycles. The van der Waals surface area contributed by atoms with Crippen LogP contribution in [-0.2, 0) is 4.79 Å². The zero-order valence-corrected chi connectivity index (χ0v) is 16.7. The first-order chi connectivity index (χ1) is 14.2. The second-order valence-corrected chi connectivity index (χ2v) is 7.13. The molecule has 30 heavy (non-hydrogen) atoms. The summed E-state index contributed by atoms with van der Waals surface area (Å²) in [6.45, 7) is 2.12. The van der Waals surface area contributed by atoms with Crippen LogP contribution in [0.2, 0.25) is 0 Å². The van der Waals surface area contributed by atoms with Gasteiger partial charge in [0.2, 0.25) is 5.91 Å². The summed E-state index contributed by atoms with van der Waals surface area (Å²) in [6, 6.07) is 2.77. The largest absolute Gasteiger partial charge is 0.495 e. The Kier molecular flexibility index (Phi) is 6.14. The Balaban J connectivity index is 1.85. The first kappa shape index (κ1) is 21.4. The van der Waals surface area contributed by atoms with E-state index >= 15 is 0 Å². The first-order valence-corrected chi connectivity index (χ1v) is 9.25. The van der Waals surface area contributed by atoms with Crippen molar-refractivity contribution in [2.45, 2.75) is 26.1 Å². The van der Waals surface area contributed by atoms with E-state index in [4.69, 9.17) is 4.74 Å². The van der Waals surface area contributed by atoms with Gasteiger partial charge in [-0.3, -0.25) is 9.78 Å². The molecule has 0 spiro atoms. The number of fused-ring (bicyclic) bond motifs is 1. The number of amides is 1. The van der Waals surface area contributed by atoms with Crippen LogP contribution in [0.5, 0.6) is 5.75 Å². The Morgan fingerprint density at radius 1 is 1.23 bits per heavy atom. The van der Waals surface area contributed by atoms with Gasteiger partial charge in [0.05, 0.1) is 19.0 Å². The molecule has 0 aliphatic heterocycles. The molecule has 3 aromatic rings. The fourth-order valence-electron chi connectivity index (χ4n) is 3.01. The molecule has 7 nitrogen and oxygen atoms in total. The summed E-state index contributed by atoms with van der Waals surface area (Å²) in [7, 11) is 1.55. The highest BCUT2D eigenvalue weighted by Crippen LogP contribution is 2.31. The van der Waals surface area contributed by atoms with Crippen LogP contribution in [0.25, 0.3) is 22.2 Å². The molecule has 1 unspecified atom stereocenters. The number of H-pyrrole nitrogens is 1. The van der Waals surface area contributed by atoms with E-state index in [0.29, 0.717) is 17.1 Å². The van der Waals surface area contributed by atoms with Crippen LogP contribution in [0.3, 0.4) is 0 Å². The number of anilines is 1. The lowest BCUT2D eigenvalue weighted by molar-refractivity contribution is -0.139. The molecule has 0 aliphatic rings.